The number of hydrogen-bond donors (Lipinski definition) is 0. The van der Waals surface area contributed by atoms with Crippen molar-refractivity contribution in [2.24, 2.45) is 0 Å². The Morgan fingerprint density at radius 2 is 1.92 bits per heavy atom. The Labute approximate surface area is 156 Å². The zero-order valence-electron chi connectivity index (χ0n) is 14.5. The molecule has 3 aliphatic heterocycles. The molecule has 5 nitrogen and oxygen atoms in total. The first-order chi connectivity index (χ1) is 12.8. The second kappa shape index (κ2) is 6.28. The highest BCUT2D eigenvalue weighted by Gasteiger charge is 2.42. The number of benzene rings is 1. The summed E-state index contributed by atoms with van der Waals surface area (Å²) in [7, 11) is 0. The molecule has 1 spiro atoms. The molecule has 1 saturated heterocycles. The Bertz CT molecular complexity index is 838. The van der Waals surface area contributed by atoms with Crippen LogP contribution in [-0.4, -0.2) is 43.7 Å². The number of carbonyl (C=O) groups excluding carboxylic acids is 1. The van der Waals surface area contributed by atoms with Gasteiger partial charge < -0.3 is 19.1 Å². The summed E-state index contributed by atoms with van der Waals surface area (Å²) in [4.78, 5) is 16.5. The molecule has 6 heteroatoms. The minimum Gasteiger partial charge on any atom is -0.486 e. The summed E-state index contributed by atoms with van der Waals surface area (Å²) in [5, 5.41) is 2.16. The zero-order chi connectivity index (χ0) is 17.6. The highest BCUT2D eigenvalue weighted by molar-refractivity contribution is 7.10. The van der Waals surface area contributed by atoms with E-state index in [2.05, 4.69) is 11.4 Å². The zero-order valence-corrected chi connectivity index (χ0v) is 15.3. The van der Waals surface area contributed by atoms with E-state index in [9.17, 15) is 4.79 Å². The minimum atomic E-state index is -0.208. The van der Waals surface area contributed by atoms with Crippen LogP contribution >= 0.6 is 11.3 Å². The van der Waals surface area contributed by atoms with Crippen LogP contribution in [0, 0.1) is 0 Å². The summed E-state index contributed by atoms with van der Waals surface area (Å²) in [6, 6.07) is 7.74. The van der Waals surface area contributed by atoms with Crippen LogP contribution in [0.2, 0.25) is 0 Å². The van der Waals surface area contributed by atoms with Crippen LogP contribution in [0.15, 0.2) is 29.6 Å². The van der Waals surface area contributed by atoms with Gasteiger partial charge in [0, 0.05) is 24.4 Å². The van der Waals surface area contributed by atoms with Crippen LogP contribution < -0.4 is 9.47 Å². The fourth-order valence-electron chi connectivity index (χ4n) is 4.25. The van der Waals surface area contributed by atoms with Gasteiger partial charge in [0.05, 0.1) is 17.8 Å². The van der Waals surface area contributed by atoms with Crippen LogP contribution in [0.3, 0.4) is 0 Å². The van der Waals surface area contributed by atoms with Gasteiger partial charge in [0.15, 0.2) is 11.5 Å². The van der Waals surface area contributed by atoms with E-state index in [0.717, 1.165) is 25.9 Å². The number of thiophene rings is 1. The molecule has 3 aliphatic rings. The number of fused-ring (bicyclic) bond motifs is 3. The van der Waals surface area contributed by atoms with Gasteiger partial charge in [-0.2, -0.15) is 0 Å². The Hall–Kier alpha value is -2.05. The van der Waals surface area contributed by atoms with E-state index in [1.54, 1.807) is 0 Å². The van der Waals surface area contributed by atoms with Crippen molar-refractivity contribution in [3.8, 4) is 11.5 Å². The standard InChI is InChI=1S/C20H21NO4S/c22-19(14-2-1-3-16-18(14)24-12-11-23-16)21-8-6-20(7-9-21)15-5-13-26-17(15)4-10-25-20/h1-3,5,13H,4,6-12H2. The van der Waals surface area contributed by atoms with Crippen molar-refractivity contribution in [2.45, 2.75) is 24.9 Å². The molecule has 0 saturated carbocycles. The Morgan fingerprint density at radius 1 is 1.08 bits per heavy atom. The number of nitrogens with zero attached hydrogens (tertiary/aromatic N) is 1. The Kier molecular flexibility index (Phi) is 3.90. The SMILES string of the molecule is O=C(c1cccc2c1OCCO2)N1CCC2(CC1)OCCc1sccc12. The molecule has 1 fully saturated rings. The van der Waals surface area contributed by atoms with Crippen molar-refractivity contribution in [1.82, 2.24) is 4.90 Å². The van der Waals surface area contributed by atoms with E-state index >= 15 is 0 Å². The largest absolute Gasteiger partial charge is 0.486 e. The maximum atomic E-state index is 13.1. The third-order valence-electron chi connectivity index (χ3n) is 5.60. The first-order valence-corrected chi connectivity index (χ1v) is 10.0. The molecule has 5 rings (SSSR count). The van der Waals surface area contributed by atoms with Gasteiger partial charge in [0.1, 0.15) is 13.2 Å². The summed E-state index contributed by atoms with van der Waals surface area (Å²) >= 11 is 1.82. The topological polar surface area (TPSA) is 48.0 Å². The average molecular weight is 371 g/mol. The fraction of sp³-hybridized carbons (Fsp3) is 0.450. The first-order valence-electron chi connectivity index (χ1n) is 9.16. The van der Waals surface area contributed by atoms with Gasteiger partial charge >= 0.3 is 0 Å². The molecule has 0 radical (unpaired) electrons. The number of rotatable bonds is 1. The molecule has 1 aromatic heterocycles. The Morgan fingerprint density at radius 3 is 2.81 bits per heavy atom. The van der Waals surface area contributed by atoms with Crippen LogP contribution in [0.1, 0.15) is 33.6 Å². The molecular weight excluding hydrogens is 350 g/mol. The van der Waals surface area contributed by atoms with Crippen LogP contribution in [-0.2, 0) is 16.8 Å². The molecule has 26 heavy (non-hydrogen) atoms. The number of amides is 1. The second-order valence-corrected chi connectivity index (χ2v) is 7.97. The normalized spacial score (nSPS) is 20.7. The number of likely N-dealkylation sites (tertiary alicyclic amines) is 1. The molecule has 0 bridgehead atoms. The predicted octanol–water partition coefficient (Wildman–Crippen LogP) is 3.22. The average Bonchev–Trinajstić information content (AvgIpc) is 3.18. The molecular formula is C20H21NO4S. The van der Waals surface area contributed by atoms with Gasteiger partial charge in [-0.25, -0.2) is 0 Å². The van der Waals surface area contributed by atoms with Gasteiger partial charge in [-0.3, -0.25) is 4.79 Å². The van der Waals surface area contributed by atoms with E-state index < -0.39 is 0 Å². The molecule has 136 valence electrons. The van der Waals surface area contributed by atoms with E-state index in [1.165, 1.54) is 10.4 Å². The van der Waals surface area contributed by atoms with E-state index in [4.69, 9.17) is 14.2 Å². The summed E-state index contributed by atoms with van der Waals surface area (Å²) < 4.78 is 17.6. The first kappa shape index (κ1) is 16.1. The highest BCUT2D eigenvalue weighted by Crippen LogP contribution is 2.44. The summed E-state index contributed by atoms with van der Waals surface area (Å²) in [6.07, 6.45) is 2.69. The number of carbonyl (C=O) groups is 1. The molecule has 4 heterocycles. The third-order valence-corrected chi connectivity index (χ3v) is 6.58. The molecule has 2 aromatic rings. The molecule has 0 N–H and O–H groups in total. The smallest absolute Gasteiger partial charge is 0.257 e. The quantitative estimate of drug-likeness (QED) is 0.772. The lowest BCUT2D eigenvalue weighted by molar-refractivity contribution is -0.0926. The number of para-hydroxylation sites is 1. The number of piperidine rings is 1. The minimum absolute atomic E-state index is 0.0172. The lowest BCUT2D eigenvalue weighted by Crippen LogP contribution is -2.48. The summed E-state index contributed by atoms with van der Waals surface area (Å²) in [5.41, 5.74) is 1.73. The van der Waals surface area contributed by atoms with Crippen LogP contribution in [0.4, 0.5) is 0 Å². The van der Waals surface area contributed by atoms with E-state index in [0.29, 0.717) is 43.4 Å². The molecule has 1 aromatic carbocycles. The van der Waals surface area contributed by atoms with Gasteiger partial charge in [0.25, 0.3) is 5.91 Å². The monoisotopic (exact) mass is 371 g/mol. The lowest BCUT2D eigenvalue weighted by Gasteiger charge is -2.44. The number of hydrogen-bond acceptors (Lipinski definition) is 5. The summed E-state index contributed by atoms with van der Waals surface area (Å²) in [5.74, 6) is 1.26. The van der Waals surface area contributed by atoms with Gasteiger partial charge in [0.2, 0.25) is 0 Å². The predicted molar refractivity (Wildman–Crippen MR) is 98.2 cm³/mol. The van der Waals surface area contributed by atoms with Gasteiger partial charge in [-0.1, -0.05) is 6.07 Å². The van der Waals surface area contributed by atoms with Gasteiger partial charge in [-0.15, -0.1) is 11.3 Å². The maximum Gasteiger partial charge on any atom is 0.257 e. The van der Waals surface area contributed by atoms with E-state index in [1.807, 2.05) is 34.4 Å². The summed E-state index contributed by atoms with van der Waals surface area (Å²) in [6.45, 7) is 3.17. The Balaban J connectivity index is 1.36. The van der Waals surface area contributed by atoms with Crippen molar-refractivity contribution in [1.29, 1.82) is 0 Å². The van der Waals surface area contributed by atoms with Crippen molar-refractivity contribution >= 4 is 17.2 Å². The van der Waals surface area contributed by atoms with Crippen molar-refractivity contribution in [3.05, 3.63) is 45.6 Å². The maximum absolute atomic E-state index is 13.1. The molecule has 0 aliphatic carbocycles. The fourth-order valence-corrected chi connectivity index (χ4v) is 5.20. The van der Waals surface area contributed by atoms with E-state index in [-0.39, 0.29) is 11.5 Å². The molecule has 1 amide bonds. The number of ether oxygens (including phenoxy) is 3. The van der Waals surface area contributed by atoms with Crippen LogP contribution in [0.25, 0.3) is 0 Å². The molecule has 0 unspecified atom stereocenters. The van der Waals surface area contributed by atoms with Crippen molar-refractivity contribution < 1.29 is 19.0 Å². The second-order valence-electron chi connectivity index (χ2n) is 6.97. The third kappa shape index (κ3) is 2.51. The molecule has 0 atom stereocenters. The van der Waals surface area contributed by atoms with Crippen molar-refractivity contribution in [3.63, 3.8) is 0 Å². The van der Waals surface area contributed by atoms with Gasteiger partial charge in [-0.05, 0) is 42.0 Å². The highest BCUT2D eigenvalue weighted by atomic mass is 32.1. The van der Waals surface area contributed by atoms with Crippen molar-refractivity contribution in [2.75, 3.05) is 32.9 Å². The van der Waals surface area contributed by atoms with Crippen LogP contribution in [0.5, 0.6) is 11.5 Å². The lowest BCUT2D eigenvalue weighted by atomic mass is 9.82.